The molecule has 96 valence electrons. The number of aromatic nitrogens is 2. The van der Waals surface area contributed by atoms with Crippen molar-refractivity contribution in [3.63, 3.8) is 0 Å². The maximum absolute atomic E-state index is 5.53. The molecule has 0 aliphatic rings. The van der Waals surface area contributed by atoms with Crippen molar-refractivity contribution in [2.45, 2.75) is 20.4 Å². The third kappa shape index (κ3) is 2.71. The smallest absolute Gasteiger partial charge is 0.178 e. The number of hydrogen-bond donors (Lipinski definition) is 1. The molecule has 0 spiro atoms. The van der Waals surface area contributed by atoms with Gasteiger partial charge in [0.05, 0.1) is 24.2 Å². The van der Waals surface area contributed by atoms with Crippen molar-refractivity contribution in [1.29, 1.82) is 0 Å². The van der Waals surface area contributed by atoms with Crippen LogP contribution in [0.15, 0.2) is 30.4 Å². The van der Waals surface area contributed by atoms with Crippen LogP contribution < -0.4 is 0 Å². The molecule has 4 heteroatoms. The average Bonchev–Trinajstić information content (AvgIpc) is 2.62. The zero-order valence-corrected chi connectivity index (χ0v) is 11.6. The summed E-state index contributed by atoms with van der Waals surface area (Å²) in [5.74, 6) is 0. The fourth-order valence-electron chi connectivity index (χ4n) is 2.02. The molecule has 0 atom stereocenters. The lowest BCUT2D eigenvalue weighted by Crippen LogP contribution is -2.07. The Bertz CT molecular complexity index is 624. The Morgan fingerprint density at radius 2 is 2.28 bits per heavy atom. The molecule has 3 nitrogen and oxygen atoms in total. The van der Waals surface area contributed by atoms with Crippen LogP contribution in [0.2, 0.25) is 0 Å². The maximum Gasteiger partial charge on any atom is 0.178 e. The first-order valence-electron chi connectivity index (χ1n) is 6.00. The van der Waals surface area contributed by atoms with Gasteiger partial charge >= 0.3 is 0 Å². The highest BCUT2D eigenvalue weighted by atomic mass is 32.1. The zero-order chi connectivity index (χ0) is 13.1. The monoisotopic (exact) mass is 262 g/mol. The summed E-state index contributed by atoms with van der Waals surface area (Å²) >= 11 is 5.35. The quantitative estimate of drug-likeness (QED) is 0.507. The lowest BCUT2D eigenvalue weighted by Gasteiger charge is -2.07. The number of nitrogens with zero attached hydrogens (tertiary/aromatic N) is 1. The molecule has 0 unspecified atom stereocenters. The SMILES string of the molecule is C=C(C)COCCn1c(=S)[nH]c2cccc(C)c21. The van der Waals surface area contributed by atoms with Gasteiger partial charge in [-0.15, -0.1) is 0 Å². The number of imidazole rings is 1. The maximum atomic E-state index is 5.53. The van der Waals surface area contributed by atoms with E-state index in [4.69, 9.17) is 17.0 Å². The van der Waals surface area contributed by atoms with E-state index >= 15 is 0 Å². The van der Waals surface area contributed by atoms with Gasteiger partial charge in [0.25, 0.3) is 0 Å². The number of para-hydroxylation sites is 1. The third-order valence-electron chi connectivity index (χ3n) is 2.80. The fourth-order valence-corrected chi connectivity index (χ4v) is 2.31. The van der Waals surface area contributed by atoms with Crippen molar-refractivity contribution in [2.24, 2.45) is 0 Å². The van der Waals surface area contributed by atoms with Gasteiger partial charge < -0.3 is 14.3 Å². The van der Waals surface area contributed by atoms with Crippen LogP contribution in [-0.4, -0.2) is 22.8 Å². The molecule has 0 amide bonds. The first-order valence-corrected chi connectivity index (χ1v) is 6.40. The van der Waals surface area contributed by atoms with Crippen LogP contribution in [0.25, 0.3) is 11.0 Å². The average molecular weight is 262 g/mol. The van der Waals surface area contributed by atoms with Crippen molar-refractivity contribution in [3.8, 4) is 0 Å². The Morgan fingerprint density at radius 3 is 3.00 bits per heavy atom. The van der Waals surface area contributed by atoms with Gasteiger partial charge in [-0.1, -0.05) is 24.3 Å². The number of hydrogen-bond acceptors (Lipinski definition) is 2. The molecule has 0 radical (unpaired) electrons. The molecule has 0 saturated carbocycles. The van der Waals surface area contributed by atoms with Crippen LogP contribution in [0, 0.1) is 11.7 Å². The summed E-state index contributed by atoms with van der Waals surface area (Å²) in [7, 11) is 0. The number of aromatic amines is 1. The molecule has 0 bridgehead atoms. The number of fused-ring (bicyclic) bond motifs is 1. The molecule has 2 aromatic rings. The Balaban J connectivity index is 2.20. The summed E-state index contributed by atoms with van der Waals surface area (Å²) in [5.41, 5.74) is 4.51. The van der Waals surface area contributed by atoms with Gasteiger partial charge in [0.15, 0.2) is 4.77 Å². The molecular formula is C14H18N2OS. The summed E-state index contributed by atoms with van der Waals surface area (Å²) in [6, 6.07) is 6.17. The van der Waals surface area contributed by atoms with Crippen LogP contribution in [0.5, 0.6) is 0 Å². The zero-order valence-electron chi connectivity index (χ0n) is 10.8. The second-order valence-electron chi connectivity index (χ2n) is 4.56. The highest BCUT2D eigenvalue weighted by Gasteiger charge is 2.06. The van der Waals surface area contributed by atoms with Gasteiger partial charge in [-0.3, -0.25) is 0 Å². The molecule has 2 rings (SSSR count). The van der Waals surface area contributed by atoms with Crippen LogP contribution >= 0.6 is 12.2 Å². The Hall–Kier alpha value is -1.39. The van der Waals surface area contributed by atoms with Crippen molar-refractivity contribution in [1.82, 2.24) is 9.55 Å². The van der Waals surface area contributed by atoms with Gasteiger partial charge in [0, 0.05) is 6.54 Å². The molecule has 1 aromatic carbocycles. The highest BCUT2D eigenvalue weighted by Crippen LogP contribution is 2.18. The van der Waals surface area contributed by atoms with Gasteiger partial charge in [0.1, 0.15) is 0 Å². The molecule has 0 aliphatic heterocycles. The van der Waals surface area contributed by atoms with Crippen molar-refractivity contribution < 1.29 is 4.74 Å². The molecule has 0 aliphatic carbocycles. The largest absolute Gasteiger partial charge is 0.375 e. The molecule has 0 fully saturated rings. The third-order valence-corrected chi connectivity index (χ3v) is 3.12. The fraction of sp³-hybridized carbons (Fsp3) is 0.357. The lowest BCUT2D eigenvalue weighted by molar-refractivity contribution is 0.148. The number of benzene rings is 1. The summed E-state index contributed by atoms with van der Waals surface area (Å²) < 4.78 is 8.38. The van der Waals surface area contributed by atoms with E-state index < -0.39 is 0 Å². The molecule has 0 saturated heterocycles. The molecule has 1 heterocycles. The minimum Gasteiger partial charge on any atom is -0.375 e. The van der Waals surface area contributed by atoms with E-state index in [0.717, 1.165) is 22.4 Å². The molecule has 1 aromatic heterocycles. The van der Waals surface area contributed by atoms with Crippen molar-refractivity contribution in [3.05, 3.63) is 40.7 Å². The lowest BCUT2D eigenvalue weighted by atomic mass is 10.2. The number of aryl methyl sites for hydroxylation is 1. The van der Waals surface area contributed by atoms with Crippen LogP contribution in [0.3, 0.4) is 0 Å². The minimum atomic E-state index is 0.606. The Morgan fingerprint density at radius 1 is 1.50 bits per heavy atom. The predicted molar refractivity (Wildman–Crippen MR) is 77.5 cm³/mol. The van der Waals surface area contributed by atoms with E-state index in [1.165, 1.54) is 11.1 Å². The summed E-state index contributed by atoms with van der Waals surface area (Å²) in [5, 5.41) is 0. The topological polar surface area (TPSA) is 29.9 Å². The van der Waals surface area contributed by atoms with E-state index in [1.54, 1.807) is 0 Å². The summed E-state index contributed by atoms with van der Waals surface area (Å²) in [6.07, 6.45) is 0. The second-order valence-corrected chi connectivity index (χ2v) is 4.95. The number of ether oxygens (including phenoxy) is 1. The predicted octanol–water partition coefficient (Wildman–Crippen LogP) is 3.60. The van der Waals surface area contributed by atoms with E-state index in [2.05, 4.69) is 29.1 Å². The first-order chi connectivity index (χ1) is 8.59. The van der Waals surface area contributed by atoms with Gasteiger partial charge in [-0.2, -0.15) is 0 Å². The second kappa shape index (κ2) is 5.50. The molecular weight excluding hydrogens is 244 g/mol. The minimum absolute atomic E-state index is 0.606. The van der Waals surface area contributed by atoms with Crippen LogP contribution in [-0.2, 0) is 11.3 Å². The van der Waals surface area contributed by atoms with Crippen molar-refractivity contribution >= 4 is 23.3 Å². The molecule has 1 N–H and O–H groups in total. The van der Waals surface area contributed by atoms with Crippen LogP contribution in [0.4, 0.5) is 0 Å². The van der Waals surface area contributed by atoms with Gasteiger partial charge in [0.2, 0.25) is 0 Å². The summed E-state index contributed by atoms with van der Waals surface area (Å²) in [4.78, 5) is 3.22. The van der Waals surface area contributed by atoms with E-state index in [1.807, 2.05) is 19.1 Å². The first kappa shape index (κ1) is 13.1. The summed E-state index contributed by atoms with van der Waals surface area (Å²) in [6.45, 7) is 9.87. The Labute approximate surface area is 112 Å². The van der Waals surface area contributed by atoms with E-state index in [-0.39, 0.29) is 0 Å². The standard InChI is InChI=1S/C14H18N2OS/c1-10(2)9-17-8-7-16-13-11(3)5-4-6-12(13)15-14(16)18/h4-6H,1,7-9H2,2-3H3,(H,15,18). The number of nitrogens with one attached hydrogen (secondary N) is 1. The van der Waals surface area contributed by atoms with Gasteiger partial charge in [-0.25, -0.2) is 0 Å². The highest BCUT2D eigenvalue weighted by molar-refractivity contribution is 7.71. The van der Waals surface area contributed by atoms with Crippen LogP contribution in [0.1, 0.15) is 12.5 Å². The number of H-pyrrole nitrogens is 1. The van der Waals surface area contributed by atoms with Gasteiger partial charge in [-0.05, 0) is 37.7 Å². The van der Waals surface area contributed by atoms with E-state index in [9.17, 15) is 0 Å². The Kier molecular flexibility index (Phi) is 3.99. The normalized spacial score (nSPS) is 11.0. The van der Waals surface area contributed by atoms with E-state index in [0.29, 0.717) is 13.2 Å². The number of rotatable bonds is 5. The van der Waals surface area contributed by atoms with Crippen molar-refractivity contribution in [2.75, 3.05) is 13.2 Å². The molecule has 18 heavy (non-hydrogen) atoms.